The molecule has 108 valence electrons. The van der Waals surface area contributed by atoms with E-state index in [9.17, 15) is 14.9 Å². The topological polar surface area (TPSA) is 72.2 Å². The highest BCUT2D eigenvalue weighted by atomic mass is 35.5. The van der Waals surface area contributed by atoms with Crippen LogP contribution in [0.15, 0.2) is 24.3 Å². The fourth-order valence-corrected chi connectivity index (χ4v) is 2.89. The summed E-state index contributed by atoms with van der Waals surface area (Å²) in [7, 11) is 0. The Morgan fingerprint density at radius 1 is 1.35 bits per heavy atom. The summed E-state index contributed by atoms with van der Waals surface area (Å²) < 4.78 is 0. The molecule has 2 unspecified atom stereocenters. The number of nitro benzene ring substituents is 1. The Morgan fingerprint density at radius 3 is 2.65 bits per heavy atom. The van der Waals surface area contributed by atoms with Gasteiger partial charge in [-0.3, -0.25) is 14.9 Å². The lowest BCUT2D eigenvalue weighted by atomic mass is 9.89. The van der Waals surface area contributed by atoms with E-state index >= 15 is 0 Å². The number of benzene rings is 1. The van der Waals surface area contributed by atoms with Crippen LogP contribution in [0.25, 0.3) is 0 Å². The fourth-order valence-electron chi connectivity index (χ4n) is 2.48. The molecular weight excluding hydrogens is 280 g/mol. The molecule has 20 heavy (non-hydrogen) atoms. The Balaban J connectivity index is 1.86. The summed E-state index contributed by atoms with van der Waals surface area (Å²) in [6.07, 6.45) is 4.17. The van der Waals surface area contributed by atoms with Crippen molar-refractivity contribution in [2.75, 3.05) is 6.54 Å². The van der Waals surface area contributed by atoms with Gasteiger partial charge in [-0.05, 0) is 37.3 Å². The molecule has 6 heteroatoms. The second-order valence-electron chi connectivity index (χ2n) is 5.14. The number of nitrogens with zero attached hydrogens (tertiary/aromatic N) is 1. The smallest absolute Gasteiger partial charge is 0.269 e. The van der Waals surface area contributed by atoms with Crippen molar-refractivity contribution in [3.63, 3.8) is 0 Å². The highest BCUT2D eigenvalue weighted by Gasteiger charge is 2.20. The quantitative estimate of drug-likeness (QED) is 0.527. The van der Waals surface area contributed by atoms with Crippen molar-refractivity contribution in [1.29, 1.82) is 0 Å². The molecule has 1 amide bonds. The maximum absolute atomic E-state index is 11.9. The van der Waals surface area contributed by atoms with Crippen LogP contribution in [0, 0.1) is 16.0 Å². The average Bonchev–Trinajstić information content (AvgIpc) is 2.45. The van der Waals surface area contributed by atoms with Gasteiger partial charge in [0, 0.05) is 29.6 Å². The number of carbonyl (C=O) groups excluding carboxylic acids is 1. The Morgan fingerprint density at radius 2 is 2.05 bits per heavy atom. The van der Waals surface area contributed by atoms with Crippen molar-refractivity contribution in [1.82, 2.24) is 5.32 Å². The van der Waals surface area contributed by atoms with E-state index in [4.69, 9.17) is 11.6 Å². The first kappa shape index (κ1) is 14.8. The van der Waals surface area contributed by atoms with Crippen LogP contribution in [0.5, 0.6) is 0 Å². The van der Waals surface area contributed by atoms with Gasteiger partial charge in [0.05, 0.1) is 4.92 Å². The van der Waals surface area contributed by atoms with Gasteiger partial charge in [-0.1, -0.05) is 6.42 Å². The molecule has 2 rings (SSSR count). The Hall–Kier alpha value is -1.62. The van der Waals surface area contributed by atoms with Gasteiger partial charge in [-0.25, -0.2) is 0 Å². The number of non-ortho nitro benzene ring substituents is 1. The minimum atomic E-state index is -0.482. The van der Waals surface area contributed by atoms with Crippen LogP contribution in [0.4, 0.5) is 5.69 Å². The van der Waals surface area contributed by atoms with Gasteiger partial charge >= 0.3 is 0 Å². The Bertz CT molecular complexity index is 490. The second-order valence-corrected chi connectivity index (χ2v) is 5.76. The summed E-state index contributed by atoms with van der Waals surface area (Å²) in [5.41, 5.74) is 0.424. The zero-order chi connectivity index (χ0) is 14.5. The van der Waals surface area contributed by atoms with Crippen LogP contribution in [-0.4, -0.2) is 22.8 Å². The molecule has 0 aromatic heterocycles. The number of nitro groups is 1. The van der Waals surface area contributed by atoms with Crippen molar-refractivity contribution in [3.8, 4) is 0 Å². The van der Waals surface area contributed by atoms with Crippen molar-refractivity contribution < 1.29 is 9.72 Å². The highest BCUT2D eigenvalue weighted by molar-refractivity contribution is 6.20. The molecule has 1 N–H and O–H groups in total. The summed E-state index contributed by atoms with van der Waals surface area (Å²) in [5.74, 6) is 0.227. The van der Waals surface area contributed by atoms with Gasteiger partial charge in [0.1, 0.15) is 0 Å². The standard InChI is InChI=1S/C14H17ClN2O3/c15-12-3-1-2-10(8-12)9-16-14(18)11-4-6-13(7-5-11)17(19)20/h4-7,10,12H,1-3,8-9H2,(H,16,18). The maximum atomic E-state index is 11.9. The predicted molar refractivity (Wildman–Crippen MR) is 77.0 cm³/mol. The summed E-state index contributed by atoms with van der Waals surface area (Å²) >= 11 is 6.11. The SMILES string of the molecule is O=C(NCC1CCCC(Cl)C1)c1ccc([N+](=O)[O-])cc1. The molecule has 1 aliphatic rings. The minimum Gasteiger partial charge on any atom is -0.352 e. The van der Waals surface area contributed by atoms with Crippen LogP contribution < -0.4 is 5.32 Å². The van der Waals surface area contributed by atoms with Gasteiger partial charge in [-0.2, -0.15) is 0 Å². The van der Waals surface area contributed by atoms with Crippen molar-refractivity contribution in [2.24, 2.45) is 5.92 Å². The maximum Gasteiger partial charge on any atom is 0.269 e. The number of rotatable bonds is 4. The molecule has 1 saturated carbocycles. The molecule has 1 aliphatic carbocycles. The molecule has 5 nitrogen and oxygen atoms in total. The van der Waals surface area contributed by atoms with E-state index in [0.29, 0.717) is 18.0 Å². The number of halogens is 1. The molecule has 1 fully saturated rings. The molecule has 0 bridgehead atoms. The third-order valence-electron chi connectivity index (χ3n) is 3.61. The van der Waals surface area contributed by atoms with E-state index in [0.717, 1.165) is 25.7 Å². The number of hydrogen-bond donors (Lipinski definition) is 1. The third-order valence-corrected chi connectivity index (χ3v) is 4.01. The second kappa shape index (κ2) is 6.70. The zero-order valence-electron chi connectivity index (χ0n) is 11.0. The first-order valence-corrected chi connectivity index (χ1v) is 7.16. The molecule has 0 aliphatic heterocycles. The van der Waals surface area contributed by atoms with Crippen LogP contribution >= 0.6 is 11.6 Å². The molecule has 1 aromatic carbocycles. The molecule has 0 heterocycles. The van der Waals surface area contributed by atoms with Crippen LogP contribution in [0.2, 0.25) is 0 Å². The lowest BCUT2D eigenvalue weighted by molar-refractivity contribution is -0.384. The van der Waals surface area contributed by atoms with Gasteiger partial charge in [-0.15, -0.1) is 11.6 Å². The van der Waals surface area contributed by atoms with Crippen molar-refractivity contribution in [3.05, 3.63) is 39.9 Å². The number of carbonyl (C=O) groups is 1. The van der Waals surface area contributed by atoms with Gasteiger partial charge in [0.25, 0.3) is 11.6 Å². The van der Waals surface area contributed by atoms with E-state index in [1.165, 1.54) is 24.3 Å². The zero-order valence-corrected chi connectivity index (χ0v) is 11.8. The monoisotopic (exact) mass is 296 g/mol. The highest BCUT2D eigenvalue weighted by Crippen LogP contribution is 2.27. The Labute approximate surface area is 122 Å². The molecule has 0 radical (unpaired) electrons. The predicted octanol–water partition coefficient (Wildman–Crippen LogP) is 3.12. The fraction of sp³-hybridized carbons (Fsp3) is 0.500. The summed E-state index contributed by atoms with van der Waals surface area (Å²) in [5, 5.41) is 13.6. The van der Waals surface area contributed by atoms with E-state index < -0.39 is 4.92 Å². The van der Waals surface area contributed by atoms with Crippen molar-refractivity contribution >= 4 is 23.2 Å². The first-order valence-electron chi connectivity index (χ1n) is 6.73. The van der Waals surface area contributed by atoms with E-state index in [1.54, 1.807) is 0 Å². The molecule has 2 atom stereocenters. The number of alkyl halides is 1. The molecule has 1 aromatic rings. The lowest BCUT2D eigenvalue weighted by Gasteiger charge is -2.25. The number of hydrogen-bond acceptors (Lipinski definition) is 3. The van der Waals surface area contributed by atoms with Crippen LogP contribution in [0.1, 0.15) is 36.0 Å². The van der Waals surface area contributed by atoms with Crippen LogP contribution in [0.3, 0.4) is 0 Å². The van der Waals surface area contributed by atoms with Gasteiger partial charge in [0.2, 0.25) is 0 Å². The van der Waals surface area contributed by atoms with E-state index in [2.05, 4.69) is 5.32 Å². The van der Waals surface area contributed by atoms with Crippen LogP contribution in [-0.2, 0) is 0 Å². The van der Waals surface area contributed by atoms with Crippen molar-refractivity contribution in [2.45, 2.75) is 31.1 Å². The Kier molecular flexibility index (Phi) is 4.95. The minimum absolute atomic E-state index is 0.0150. The summed E-state index contributed by atoms with van der Waals surface area (Å²) in [6, 6.07) is 5.62. The van der Waals surface area contributed by atoms with E-state index in [1.807, 2.05) is 0 Å². The molecular formula is C14H17ClN2O3. The lowest BCUT2D eigenvalue weighted by Crippen LogP contribution is -2.32. The van der Waals surface area contributed by atoms with Gasteiger partial charge in [0.15, 0.2) is 0 Å². The normalized spacial score (nSPS) is 22.2. The summed E-state index contributed by atoms with van der Waals surface area (Å²) in [6.45, 7) is 0.610. The number of amides is 1. The largest absolute Gasteiger partial charge is 0.352 e. The summed E-state index contributed by atoms with van der Waals surface area (Å²) in [4.78, 5) is 22.0. The number of nitrogens with one attached hydrogen (secondary N) is 1. The third kappa shape index (κ3) is 3.93. The average molecular weight is 297 g/mol. The first-order chi connectivity index (χ1) is 9.56. The molecule has 0 spiro atoms. The van der Waals surface area contributed by atoms with E-state index in [-0.39, 0.29) is 17.0 Å². The van der Waals surface area contributed by atoms with Gasteiger partial charge < -0.3 is 5.32 Å². The molecule has 0 saturated heterocycles.